The van der Waals surface area contributed by atoms with Gasteiger partial charge in [-0.05, 0) is 50.3 Å². The molecule has 1 aromatic heterocycles. The Morgan fingerprint density at radius 3 is 2.54 bits per heavy atom. The molecule has 0 aliphatic carbocycles. The van der Waals surface area contributed by atoms with Gasteiger partial charge in [-0.25, -0.2) is 4.98 Å². The Hall–Kier alpha value is -1.47. The molecule has 3 aromatic rings. The van der Waals surface area contributed by atoms with E-state index in [2.05, 4.69) is 40.7 Å². The van der Waals surface area contributed by atoms with Gasteiger partial charge in [0.2, 0.25) is 0 Å². The maximum absolute atomic E-state index is 13.3. The molecular formula is C21H25BrClN3OS. The monoisotopic (exact) mass is 481 g/mol. The molecule has 0 atom stereocenters. The van der Waals surface area contributed by atoms with Crippen molar-refractivity contribution in [1.82, 2.24) is 9.88 Å². The Balaban J connectivity index is 0.00000280. The molecule has 1 amide bonds. The fraction of sp³-hybridized carbons (Fsp3) is 0.333. The Morgan fingerprint density at radius 1 is 1.11 bits per heavy atom. The third kappa shape index (κ3) is 5.32. The summed E-state index contributed by atoms with van der Waals surface area (Å²) < 4.78 is 2.09. The molecule has 0 saturated heterocycles. The molecule has 3 rings (SSSR count). The Morgan fingerprint density at radius 2 is 1.86 bits per heavy atom. The first-order valence-electron chi connectivity index (χ1n) is 9.18. The lowest BCUT2D eigenvalue weighted by molar-refractivity contribution is 0.0983. The summed E-state index contributed by atoms with van der Waals surface area (Å²) in [5.41, 5.74) is 2.70. The number of hydrogen-bond acceptors (Lipinski definition) is 4. The minimum Gasteiger partial charge on any atom is -0.302 e. The number of halogens is 2. The van der Waals surface area contributed by atoms with Crippen LogP contribution >= 0.6 is 39.7 Å². The van der Waals surface area contributed by atoms with Crippen molar-refractivity contribution in [2.45, 2.75) is 20.8 Å². The van der Waals surface area contributed by atoms with Gasteiger partial charge < -0.3 is 4.90 Å². The van der Waals surface area contributed by atoms with Gasteiger partial charge in [0.15, 0.2) is 5.13 Å². The number of benzene rings is 2. The Kier molecular flexibility index (Phi) is 8.43. The maximum Gasteiger partial charge on any atom is 0.260 e. The SMILES string of the molecule is CCN(CC)CCN(C(=O)c1cccc(C)c1)c1nc2ccc(Br)cc2s1.Cl. The van der Waals surface area contributed by atoms with Crippen LogP contribution in [0.4, 0.5) is 5.13 Å². The lowest BCUT2D eigenvalue weighted by atomic mass is 10.1. The molecule has 2 aromatic carbocycles. The molecule has 0 fully saturated rings. The highest BCUT2D eigenvalue weighted by atomic mass is 79.9. The van der Waals surface area contributed by atoms with Gasteiger partial charge >= 0.3 is 0 Å². The van der Waals surface area contributed by atoms with Gasteiger partial charge in [0.05, 0.1) is 10.2 Å². The fourth-order valence-electron chi connectivity index (χ4n) is 3.00. The van der Waals surface area contributed by atoms with Crippen LogP contribution in [0.5, 0.6) is 0 Å². The van der Waals surface area contributed by atoms with Crippen molar-refractivity contribution in [1.29, 1.82) is 0 Å². The number of nitrogens with zero attached hydrogens (tertiary/aromatic N) is 3. The van der Waals surface area contributed by atoms with Gasteiger partial charge in [-0.15, -0.1) is 12.4 Å². The van der Waals surface area contributed by atoms with E-state index in [4.69, 9.17) is 4.98 Å². The average molecular weight is 483 g/mol. The van der Waals surface area contributed by atoms with Crippen molar-refractivity contribution in [2.75, 3.05) is 31.1 Å². The highest BCUT2D eigenvalue weighted by molar-refractivity contribution is 9.10. The number of anilines is 1. The van der Waals surface area contributed by atoms with Crippen molar-refractivity contribution in [3.05, 3.63) is 58.1 Å². The van der Waals surface area contributed by atoms with E-state index in [9.17, 15) is 4.79 Å². The lowest BCUT2D eigenvalue weighted by Gasteiger charge is -2.24. The minimum absolute atomic E-state index is 0. The molecule has 7 heteroatoms. The smallest absolute Gasteiger partial charge is 0.260 e. The summed E-state index contributed by atoms with van der Waals surface area (Å²) in [6.07, 6.45) is 0. The highest BCUT2D eigenvalue weighted by Crippen LogP contribution is 2.31. The first-order valence-corrected chi connectivity index (χ1v) is 10.8. The molecule has 0 unspecified atom stereocenters. The largest absolute Gasteiger partial charge is 0.302 e. The Labute approximate surface area is 185 Å². The molecule has 1 heterocycles. The summed E-state index contributed by atoms with van der Waals surface area (Å²) in [7, 11) is 0. The van der Waals surface area contributed by atoms with E-state index in [-0.39, 0.29) is 18.3 Å². The van der Waals surface area contributed by atoms with Gasteiger partial charge in [0.1, 0.15) is 0 Å². The zero-order valence-electron chi connectivity index (χ0n) is 16.3. The van der Waals surface area contributed by atoms with Gasteiger partial charge in [-0.1, -0.05) is 58.8 Å². The van der Waals surface area contributed by atoms with Crippen LogP contribution in [0.15, 0.2) is 46.9 Å². The Bertz CT molecular complexity index is 942. The number of thiazole rings is 1. The van der Waals surface area contributed by atoms with E-state index in [1.807, 2.05) is 48.2 Å². The van der Waals surface area contributed by atoms with E-state index in [1.54, 1.807) is 11.3 Å². The molecule has 0 spiro atoms. The molecule has 0 aliphatic rings. The molecule has 0 N–H and O–H groups in total. The van der Waals surface area contributed by atoms with E-state index < -0.39 is 0 Å². The zero-order valence-corrected chi connectivity index (χ0v) is 19.5. The normalized spacial score (nSPS) is 10.9. The van der Waals surface area contributed by atoms with Gasteiger partial charge in [0.25, 0.3) is 5.91 Å². The second-order valence-corrected chi connectivity index (χ2v) is 8.39. The lowest BCUT2D eigenvalue weighted by Crippen LogP contribution is -2.38. The highest BCUT2D eigenvalue weighted by Gasteiger charge is 2.22. The molecule has 150 valence electrons. The predicted octanol–water partition coefficient (Wildman–Crippen LogP) is 5.78. The summed E-state index contributed by atoms with van der Waals surface area (Å²) in [6.45, 7) is 9.67. The molecule has 0 aliphatic heterocycles. The summed E-state index contributed by atoms with van der Waals surface area (Å²) in [5, 5.41) is 0.752. The first-order chi connectivity index (χ1) is 13.0. The molecule has 0 radical (unpaired) electrons. The number of carbonyl (C=O) groups is 1. The molecule has 28 heavy (non-hydrogen) atoms. The number of aromatic nitrogens is 1. The van der Waals surface area contributed by atoms with Crippen LogP contribution in [0.2, 0.25) is 0 Å². The number of fused-ring (bicyclic) bond motifs is 1. The number of likely N-dealkylation sites (N-methyl/N-ethyl adjacent to an activating group) is 1. The van der Waals surface area contributed by atoms with Crippen molar-refractivity contribution in [3.8, 4) is 0 Å². The summed E-state index contributed by atoms with van der Waals surface area (Å²) in [5.74, 6) is 0.00368. The second kappa shape index (κ2) is 10.3. The average Bonchev–Trinajstić information content (AvgIpc) is 3.07. The maximum atomic E-state index is 13.3. The van der Waals surface area contributed by atoms with E-state index in [0.717, 1.165) is 45.0 Å². The first kappa shape index (κ1) is 22.8. The van der Waals surface area contributed by atoms with Crippen LogP contribution in [-0.2, 0) is 0 Å². The van der Waals surface area contributed by atoms with Crippen LogP contribution in [0, 0.1) is 6.92 Å². The predicted molar refractivity (Wildman–Crippen MR) is 125 cm³/mol. The zero-order chi connectivity index (χ0) is 19.4. The third-order valence-electron chi connectivity index (χ3n) is 4.61. The van der Waals surface area contributed by atoms with Crippen LogP contribution < -0.4 is 4.90 Å². The van der Waals surface area contributed by atoms with Crippen LogP contribution in [0.1, 0.15) is 29.8 Å². The third-order valence-corrected chi connectivity index (χ3v) is 6.15. The number of hydrogen-bond donors (Lipinski definition) is 0. The number of carbonyl (C=O) groups excluding carboxylic acids is 1. The standard InChI is InChI=1S/C21H24BrN3OS.ClH/c1-4-24(5-2)11-12-25(20(26)16-8-6-7-15(3)13-16)21-23-18-10-9-17(22)14-19(18)27-21;/h6-10,13-14H,4-5,11-12H2,1-3H3;1H. The topological polar surface area (TPSA) is 36.4 Å². The molecule has 4 nitrogen and oxygen atoms in total. The van der Waals surface area contributed by atoms with Crippen LogP contribution in [-0.4, -0.2) is 42.0 Å². The van der Waals surface area contributed by atoms with Gasteiger partial charge in [0, 0.05) is 23.1 Å². The van der Waals surface area contributed by atoms with Crippen molar-refractivity contribution in [2.24, 2.45) is 0 Å². The van der Waals surface area contributed by atoms with Crippen molar-refractivity contribution < 1.29 is 4.79 Å². The van der Waals surface area contributed by atoms with E-state index in [0.29, 0.717) is 12.1 Å². The number of aryl methyl sites for hydroxylation is 1. The fourth-order valence-corrected chi connectivity index (χ4v) is 4.54. The number of rotatable bonds is 7. The summed E-state index contributed by atoms with van der Waals surface area (Å²) in [6, 6.07) is 13.8. The van der Waals surface area contributed by atoms with Crippen molar-refractivity contribution >= 4 is 60.9 Å². The van der Waals surface area contributed by atoms with Gasteiger partial charge in [-0.2, -0.15) is 0 Å². The molecular weight excluding hydrogens is 458 g/mol. The van der Waals surface area contributed by atoms with Crippen molar-refractivity contribution in [3.63, 3.8) is 0 Å². The van der Waals surface area contributed by atoms with Crippen LogP contribution in [0.25, 0.3) is 10.2 Å². The second-order valence-electron chi connectivity index (χ2n) is 6.46. The number of amides is 1. The summed E-state index contributed by atoms with van der Waals surface area (Å²) in [4.78, 5) is 22.2. The van der Waals surface area contributed by atoms with E-state index >= 15 is 0 Å². The molecule has 0 saturated carbocycles. The van der Waals surface area contributed by atoms with Crippen LogP contribution in [0.3, 0.4) is 0 Å². The minimum atomic E-state index is 0. The van der Waals surface area contributed by atoms with Gasteiger partial charge in [-0.3, -0.25) is 9.69 Å². The van der Waals surface area contributed by atoms with E-state index in [1.165, 1.54) is 0 Å². The summed E-state index contributed by atoms with van der Waals surface area (Å²) >= 11 is 5.07. The quantitative estimate of drug-likeness (QED) is 0.428. The molecule has 0 bridgehead atoms.